The zero-order chi connectivity index (χ0) is 18.8. The Morgan fingerprint density at radius 1 is 1.36 bits per heavy atom. The zero-order valence-corrected chi connectivity index (χ0v) is 17.2. The fourth-order valence-electron chi connectivity index (χ4n) is 2.35. The van der Waals surface area contributed by atoms with Gasteiger partial charge in [0.1, 0.15) is 0 Å². The van der Waals surface area contributed by atoms with E-state index in [1.165, 1.54) is 6.20 Å². The quantitative estimate of drug-likeness (QED) is 0.543. The molecule has 1 amide bonds. The van der Waals surface area contributed by atoms with Gasteiger partial charge in [0.2, 0.25) is 0 Å². The topological polar surface area (TPSA) is 121 Å². The van der Waals surface area contributed by atoms with Crippen molar-refractivity contribution in [2.45, 2.75) is 37.5 Å². The minimum Gasteiger partial charge on any atom is -0.360 e. The molecule has 10 heteroatoms. The van der Waals surface area contributed by atoms with E-state index in [1.807, 2.05) is 6.07 Å². The van der Waals surface area contributed by atoms with Crippen LogP contribution < -0.4 is 11.5 Å². The molecule has 0 spiro atoms. The van der Waals surface area contributed by atoms with Gasteiger partial charge in [-0.25, -0.2) is 8.42 Å². The van der Waals surface area contributed by atoms with Gasteiger partial charge in [-0.15, -0.1) is 0 Å². The molecule has 0 bridgehead atoms. The molecule has 0 aliphatic rings. The van der Waals surface area contributed by atoms with Crippen molar-refractivity contribution in [2.75, 3.05) is 5.75 Å². The smallest absolute Gasteiger partial charge is 0.278 e. The molecular formula is C15H24N4O3S2Si. The summed E-state index contributed by atoms with van der Waals surface area (Å²) < 4.78 is 26.3. The van der Waals surface area contributed by atoms with Gasteiger partial charge in [-0.3, -0.25) is 4.79 Å². The Labute approximate surface area is 153 Å². The van der Waals surface area contributed by atoms with E-state index in [1.54, 1.807) is 12.1 Å². The Bertz CT molecular complexity index is 875. The molecule has 25 heavy (non-hydrogen) atoms. The lowest BCUT2D eigenvalue weighted by molar-refractivity contribution is 0.267. The molecule has 1 atom stereocenters. The summed E-state index contributed by atoms with van der Waals surface area (Å²) in [4.78, 5) is 10.9. The van der Waals surface area contributed by atoms with Gasteiger partial charge < -0.3 is 11.5 Å². The summed E-state index contributed by atoms with van der Waals surface area (Å²) in [5, 5.41) is 3.84. The van der Waals surface area contributed by atoms with Crippen LogP contribution in [0.5, 0.6) is 0 Å². The second-order valence-corrected chi connectivity index (χ2v) is 16.0. The number of fused-ring (bicyclic) bond motifs is 1. The van der Waals surface area contributed by atoms with Crippen LogP contribution in [0.3, 0.4) is 0 Å². The number of nitrogens with two attached hydrogens (primary N) is 2. The molecule has 0 aliphatic heterocycles. The fourth-order valence-corrected chi connectivity index (χ4v) is 7.24. The molecule has 0 aliphatic carbocycles. The Kier molecular flexibility index (Phi) is 5.97. The van der Waals surface area contributed by atoms with Gasteiger partial charge in [0, 0.05) is 13.5 Å². The minimum atomic E-state index is -3.48. The van der Waals surface area contributed by atoms with E-state index in [4.69, 9.17) is 11.5 Å². The van der Waals surface area contributed by atoms with Crippen LogP contribution in [0.2, 0.25) is 25.7 Å². The van der Waals surface area contributed by atoms with Crippen molar-refractivity contribution in [3.8, 4) is 0 Å². The minimum absolute atomic E-state index is 0.0986. The molecule has 2 rings (SSSR count). The molecule has 4 N–H and O–H groups in total. The summed E-state index contributed by atoms with van der Waals surface area (Å²) in [7, 11) is -4.94. The number of thioether (sulfide) groups is 1. The van der Waals surface area contributed by atoms with E-state index in [0.29, 0.717) is 18.0 Å². The molecule has 1 aromatic heterocycles. The van der Waals surface area contributed by atoms with Crippen molar-refractivity contribution in [1.29, 1.82) is 0 Å². The number of aromatic nitrogens is 2. The lowest BCUT2D eigenvalue weighted by Gasteiger charge is -2.15. The standard InChI is InChI=1S/C15H24N4O3S2Si/c1-25(2,3)7-6-24(21,22)19-13-5-4-11(8-12(13)10-18-19)9-14(16)23-15(17)20/h4-5,8,10,14H,6-7,9,16H2,1-3H3,(H2,17,20)/t14-/m1/s1. The Balaban J connectivity index is 2.23. The second-order valence-electron chi connectivity index (χ2n) is 7.19. The summed E-state index contributed by atoms with van der Waals surface area (Å²) in [5.41, 5.74) is 12.4. The van der Waals surface area contributed by atoms with E-state index in [-0.39, 0.29) is 5.75 Å². The predicted molar refractivity (Wildman–Crippen MR) is 106 cm³/mol. The SMILES string of the molecule is C[Si](C)(C)CCS(=O)(=O)n1ncc2cc(C[C@H](N)SC(N)=O)ccc21. The first-order chi connectivity index (χ1) is 11.5. The van der Waals surface area contributed by atoms with Crippen LogP contribution >= 0.6 is 11.8 Å². The lowest BCUT2D eigenvalue weighted by Crippen LogP contribution is -2.27. The van der Waals surface area contributed by atoms with Crippen molar-refractivity contribution >= 4 is 46.0 Å². The number of hydrogen-bond donors (Lipinski definition) is 2. The third kappa shape index (κ3) is 5.56. The first-order valence-corrected chi connectivity index (χ1v) is 14.1. The van der Waals surface area contributed by atoms with Crippen LogP contribution in [0.15, 0.2) is 24.4 Å². The molecule has 7 nitrogen and oxygen atoms in total. The summed E-state index contributed by atoms with van der Waals surface area (Å²) in [6.45, 7) is 6.43. The molecule has 0 saturated carbocycles. The van der Waals surface area contributed by atoms with Crippen LogP contribution in [0, 0.1) is 0 Å². The van der Waals surface area contributed by atoms with Gasteiger partial charge in [-0.2, -0.15) is 9.19 Å². The average Bonchev–Trinajstić information content (AvgIpc) is 2.87. The maximum atomic E-state index is 12.6. The van der Waals surface area contributed by atoms with E-state index < -0.39 is 28.7 Å². The average molecular weight is 401 g/mol. The molecule has 1 aromatic carbocycles. The van der Waals surface area contributed by atoms with Crippen molar-refractivity contribution in [3.05, 3.63) is 30.0 Å². The third-order valence-corrected chi connectivity index (χ3v) is 8.03. The third-order valence-electron chi connectivity index (χ3n) is 3.68. The predicted octanol–water partition coefficient (Wildman–Crippen LogP) is 2.19. The normalized spacial score (nSPS) is 13.9. The highest BCUT2D eigenvalue weighted by atomic mass is 32.2. The van der Waals surface area contributed by atoms with Crippen molar-refractivity contribution in [2.24, 2.45) is 11.5 Å². The number of carbonyl (C=O) groups is 1. The molecule has 0 saturated heterocycles. The Morgan fingerprint density at radius 2 is 2.04 bits per heavy atom. The lowest BCUT2D eigenvalue weighted by atomic mass is 10.1. The van der Waals surface area contributed by atoms with Gasteiger partial charge in [-0.05, 0) is 41.9 Å². The van der Waals surface area contributed by atoms with Crippen molar-refractivity contribution in [1.82, 2.24) is 9.19 Å². The van der Waals surface area contributed by atoms with Gasteiger partial charge >= 0.3 is 0 Å². The molecule has 1 heterocycles. The van der Waals surface area contributed by atoms with Crippen LogP contribution in [-0.2, 0) is 16.4 Å². The molecule has 2 aromatic rings. The first kappa shape index (κ1) is 20.0. The number of rotatable bonds is 7. The number of nitrogens with zero attached hydrogens (tertiary/aromatic N) is 2. The molecule has 0 radical (unpaired) electrons. The van der Waals surface area contributed by atoms with Crippen LogP contribution in [0.4, 0.5) is 4.79 Å². The van der Waals surface area contributed by atoms with Gasteiger partial charge in [-0.1, -0.05) is 25.7 Å². The monoisotopic (exact) mass is 400 g/mol. The summed E-state index contributed by atoms with van der Waals surface area (Å²) in [6.07, 6.45) is 1.99. The number of carbonyl (C=O) groups excluding carboxylic acids is 1. The number of amides is 1. The zero-order valence-electron chi connectivity index (χ0n) is 14.6. The maximum Gasteiger partial charge on any atom is 0.278 e. The van der Waals surface area contributed by atoms with Crippen LogP contribution in [-0.4, -0.2) is 42.0 Å². The van der Waals surface area contributed by atoms with Gasteiger partial charge in [0.15, 0.2) is 0 Å². The first-order valence-electron chi connectivity index (χ1n) is 7.89. The highest BCUT2D eigenvalue weighted by Gasteiger charge is 2.22. The number of hydrogen-bond acceptors (Lipinski definition) is 6. The van der Waals surface area contributed by atoms with Crippen molar-refractivity contribution < 1.29 is 13.2 Å². The number of benzene rings is 1. The number of primary amides is 1. The van der Waals surface area contributed by atoms with Gasteiger partial charge in [0.05, 0.1) is 22.8 Å². The van der Waals surface area contributed by atoms with Crippen LogP contribution in [0.25, 0.3) is 10.9 Å². The summed E-state index contributed by atoms with van der Waals surface area (Å²) in [5.74, 6) is 0.0986. The highest BCUT2D eigenvalue weighted by Crippen LogP contribution is 2.21. The van der Waals surface area contributed by atoms with Gasteiger partial charge in [0.25, 0.3) is 15.3 Å². The largest absolute Gasteiger partial charge is 0.360 e. The maximum absolute atomic E-state index is 12.6. The van der Waals surface area contributed by atoms with E-state index >= 15 is 0 Å². The van der Waals surface area contributed by atoms with Crippen molar-refractivity contribution in [3.63, 3.8) is 0 Å². The molecule has 0 unspecified atom stereocenters. The Hall–Kier alpha value is -1.36. The van der Waals surface area contributed by atoms with E-state index in [9.17, 15) is 13.2 Å². The van der Waals surface area contributed by atoms with Crippen LogP contribution in [0.1, 0.15) is 5.56 Å². The molecule has 0 fully saturated rings. The highest BCUT2D eigenvalue weighted by molar-refractivity contribution is 8.14. The summed E-state index contributed by atoms with van der Waals surface area (Å²) in [6, 6.07) is 6.06. The molecule has 138 valence electrons. The van der Waals surface area contributed by atoms with E-state index in [2.05, 4.69) is 24.7 Å². The second kappa shape index (κ2) is 7.48. The summed E-state index contributed by atoms with van der Waals surface area (Å²) >= 11 is 0.877. The fraction of sp³-hybridized carbons (Fsp3) is 0.467. The van der Waals surface area contributed by atoms with E-state index in [0.717, 1.165) is 26.8 Å². The molecular weight excluding hydrogens is 376 g/mol. The Morgan fingerprint density at radius 3 is 2.64 bits per heavy atom.